The Morgan fingerprint density at radius 2 is 1.83 bits per heavy atom. The summed E-state index contributed by atoms with van der Waals surface area (Å²) in [6, 6.07) is 19.6. The molecule has 5 heteroatoms. The van der Waals surface area contributed by atoms with Gasteiger partial charge < -0.3 is 15.2 Å². The molecule has 0 spiro atoms. The SMILES string of the molecule is CN=C(NCc1cccc(Cn2ccnc2C)c1)NC(C)CCc1ccccc1. The van der Waals surface area contributed by atoms with Crippen LogP contribution in [0.5, 0.6) is 0 Å². The fraction of sp³-hybridized carbons (Fsp3) is 0.333. The molecule has 2 aromatic carbocycles. The monoisotopic (exact) mass is 389 g/mol. The van der Waals surface area contributed by atoms with Gasteiger partial charge in [-0.2, -0.15) is 0 Å². The standard InChI is InChI=1S/C24H31N5/c1-19(12-13-21-8-5-4-6-9-21)28-24(25-3)27-17-22-10-7-11-23(16-22)18-29-15-14-26-20(29)2/h4-11,14-16,19H,12-13,17-18H2,1-3H3,(H2,25,27,28). The second-order valence-electron chi connectivity index (χ2n) is 7.42. The normalized spacial score (nSPS) is 12.6. The first-order valence-corrected chi connectivity index (χ1v) is 10.2. The van der Waals surface area contributed by atoms with E-state index in [1.807, 2.05) is 26.4 Å². The number of aliphatic imine (C=N–C) groups is 1. The van der Waals surface area contributed by atoms with Crippen molar-refractivity contribution in [3.63, 3.8) is 0 Å². The maximum Gasteiger partial charge on any atom is 0.191 e. The summed E-state index contributed by atoms with van der Waals surface area (Å²) >= 11 is 0. The average Bonchev–Trinajstić information content (AvgIpc) is 3.15. The smallest absolute Gasteiger partial charge is 0.191 e. The number of aryl methyl sites for hydroxylation is 2. The van der Waals surface area contributed by atoms with E-state index >= 15 is 0 Å². The van der Waals surface area contributed by atoms with Crippen molar-refractivity contribution in [3.8, 4) is 0 Å². The minimum atomic E-state index is 0.344. The van der Waals surface area contributed by atoms with Crippen LogP contribution in [0.4, 0.5) is 0 Å². The van der Waals surface area contributed by atoms with Crippen LogP contribution in [0.3, 0.4) is 0 Å². The molecule has 5 nitrogen and oxygen atoms in total. The average molecular weight is 390 g/mol. The highest BCUT2D eigenvalue weighted by Gasteiger charge is 2.06. The number of hydrogen-bond acceptors (Lipinski definition) is 2. The molecule has 0 saturated carbocycles. The number of rotatable bonds is 8. The lowest BCUT2D eigenvalue weighted by Crippen LogP contribution is -2.42. The predicted octanol–water partition coefficient (Wildman–Crippen LogP) is 3.93. The van der Waals surface area contributed by atoms with E-state index in [0.29, 0.717) is 6.04 Å². The molecule has 3 aromatic rings. The summed E-state index contributed by atoms with van der Waals surface area (Å²) in [6.07, 6.45) is 5.98. The van der Waals surface area contributed by atoms with E-state index in [0.717, 1.165) is 37.7 Å². The van der Waals surface area contributed by atoms with Gasteiger partial charge in [-0.25, -0.2) is 4.98 Å². The molecule has 0 fully saturated rings. The van der Waals surface area contributed by atoms with Gasteiger partial charge in [-0.3, -0.25) is 4.99 Å². The molecule has 0 bridgehead atoms. The van der Waals surface area contributed by atoms with Gasteiger partial charge in [0.2, 0.25) is 0 Å². The lowest BCUT2D eigenvalue weighted by molar-refractivity contribution is 0.593. The number of nitrogens with zero attached hydrogens (tertiary/aromatic N) is 3. The van der Waals surface area contributed by atoms with Crippen molar-refractivity contribution in [1.29, 1.82) is 0 Å². The van der Waals surface area contributed by atoms with E-state index in [1.54, 1.807) is 0 Å². The van der Waals surface area contributed by atoms with E-state index in [1.165, 1.54) is 16.7 Å². The molecule has 0 amide bonds. The molecule has 0 saturated heterocycles. The molecule has 1 unspecified atom stereocenters. The quantitative estimate of drug-likeness (QED) is 0.453. The third kappa shape index (κ3) is 6.49. The Morgan fingerprint density at radius 3 is 2.55 bits per heavy atom. The van der Waals surface area contributed by atoms with Crippen LogP contribution in [0.1, 0.15) is 35.9 Å². The van der Waals surface area contributed by atoms with Crippen molar-refractivity contribution in [2.45, 2.75) is 45.8 Å². The van der Waals surface area contributed by atoms with Crippen molar-refractivity contribution in [1.82, 2.24) is 20.2 Å². The first kappa shape index (κ1) is 20.6. The van der Waals surface area contributed by atoms with E-state index < -0.39 is 0 Å². The Labute approximate surface area is 173 Å². The van der Waals surface area contributed by atoms with Crippen molar-refractivity contribution < 1.29 is 0 Å². The summed E-state index contributed by atoms with van der Waals surface area (Å²) in [7, 11) is 1.82. The molecule has 0 aliphatic heterocycles. The van der Waals surface area contributed by atoms with E-state index in [2.05, 4.69) is 86.7 Å². The van der Waals surface area contributed by atoms with E-state index in [-0.39, 0.29) is 0 Å². The molecular weight excluding hydrogens is 358 g/mol. The Kier molecular flexibility index (Phi) is 7.45. The second-order valence-corrected chi connectivity index (χ2v) is 7.42. The molecule has 0 radical (unpaired) electrons. The molecule has 29 heavy (non-hydrogen) atoms. The molecule has 1 heterocycles. The molecule has 2 N–H and O–H groups in total. The highest BCUT2D eigenvalue weighted by Crippen LogP contribution is 2.09. The maximum absolute atomic E-state index is 4.37. The van der Waals surface area contributed by atoms with Crippen molar-refractivity contribution in [2.75, 3.05) is 7.05 Å². The zero-order valence-electron chi connectivity index (χ0n) is 17.6. The topological polar surface area (TPSA) is 54.2 Å². The summed E-state index contributed by atoms with van der Waals surface area (Å²) in [5.41, 5.74) is 3.87. The molecule has 152 valence electrons. The fourth-order valence-corrected chi connectivity index (χ4v) is 3.32. The Hall–Kier alpha value is -3.08. The Bertz CT molecular complexity index is 914. The summed E-state index contributed by atoms with van der Waals surface area (Å²) in [5, 5.41) is 6.92. The van der Waals surface area contributed by atoms with Gasteiger partial charge in [0.15, 0.2) is 5.96 Å². The Morgan fingerprint density at radius 1 is 1.07 bits per heavy atom. The van der Waals surface area contributed by atoms with Gasteiger partial charge in [-0.1, -0.05) is 54.6 Å². The third-order valence-electron chi connectivity index (χ3n) is 5.04. The largest absolute Gasteiger partial charge is 0.354 e. The zero-order valence-corrected chi connectivity index (χ0v) is 17.6. The molecular formula is C24H31N5. The number of aromatic nitrogens is 2. The van der Waals surface area contributed by atoms with Gasteiger partial charge in [-0.15, -0.1) is 0 Å². The summed E-state index contributed by atoms with van der Waals surface area (Å²) in [5.74, 6) is 1.86. The van der Waals surface area contributed by atoms with Gasteiger partial charge in [-0.05, 0) is 43.4 Å². The summed E-state index contributed by atoms with van der Waals surface area (Å²) in [6.45, 7) is 5.80. The molecule has 1 atom stereocenters. The maximum atomic E-state index is 4.37. The number of nitrogens with one attached hydrogen (secondary N) is 2. The second kappa shape index (κ2) is 10.5. The van der Waals surface area contributed by atoms with Gasteiger partial charge in [0, 0.05) is 38.6 Å². The van der Waals surface area contributed by atoms with Crippen LogP contribution in [0, 0.1) is 6.92 Å². The van der Waals surface area contributed by atoms with Gasteiger partial charge in [0.05, 0.1) is 0 Å². The number of benzene rings is 2. The van der Waals surface area contributed by atoms with Crippen LogP contribution in [0.15, 0.2) is 72.0 Å². The van der Waals surface area contributed by atoms with Gasteiger partial charge >= 0.3 is 0 Å². The first-order valence-electron chi connectivity index (χ1n) is 10.2. The highest BCUT2D eigenvalue weighted by molar-refractivity contribution is 5.79. The Balaban J connectivity index is 1.48. The molecule has 0 aliphatic carbocycles. The van der Waals surface area contributed by atoms with Crippen LogP contribution in [-0.2, 0) is 19.5 Å². The summed E-state index contributed by atoms with van der Waals surface area (Å²) in [4.78, 5) is 8.67. The predicted molar refractivity (Wildman–Crippen MR) is 120 cm³/mol. The number of hydrogen-bond donors (Lipinski definition) is 2. The van der Waals surface area contributed by atoms with E-state index in [9.17, 15) is 0 Å². The van der Waals surface area contributed by atoms with Crippen LogP contribution in [0.25, 0.3) is 0 Å². The van der Waals surface area contributed by atoms with Gasteiger partial charge in [0.1, 0.15) is 5.82 Å². The summed E-state index contributed by atoms with van der Waals surface area (Å²) < 4.78 is 2.15. The first-order chi connectivity index (χ1) is 14.1. The van der Waals surface area contributed by atoms with E-state index in [4.69, 9.17) is 0 Å². The van der Waals surface area contributed by atoms with Crippen LogP contribution < -0.4 is 10.6 Å². The fourth-order valence-electron chi connectivity index (χ4n) is 3.32. The molecule has 0 aliphatic rings. The van der Waals surface area contributed by atoms with Gasteiger partial charge in [0.25, 0.3) is 0 Å². The zero-order chi connectivity index (χ0) is 20.5. The van der Waals surface area contributed by atoms with Crippen LogP contribution in [0.2, 0.25) is 0 Å². The minimum Gasteiger partial charge on any atom is -0.354 e. The van der Waals surface area contributed by atoms with Crippen LogP contribution >= 0.6 is 0 Å². The number of imidazole rings is 1. The highest BCUT2D eigenvalue weighted by atomic mass is 15.2. The van der Waals surface area contributed by atoms with Crippen molar-refractivity contribution >= 4 is 5.96 Å². The van der Waals surface area contributed by atoms with Crippen molar-refractivity contribution in [2.24, 2.45) is 4.99 Å². The van der Waals surface area contributed by atoms with Crippen LogP contribution in [-0.4, -0.2) is 28.6 Å². The molecule has 3 rings (SSSR count). The van der Waals surface area contributed by atoms with Crippen molar-refractivity contribution in [3.05, 3.63) is 89.5 Å². The third-order valence-corrected chi connectivity index (χ3v) is 5.04. The number of guanidine groups is 1. The minimum absolute atomic E-state index is 0.344. The lowest BCUT2D eigenvalue weighted by Gasteiger charge is -2.18. The lowest BCUT2D eigenvalue weighted by atomic mass is 10.1. The molecule has 1 aromatic heterocycles.